The van der Waals surface area contributed by atoms with Crippen molar-refractivity contribution in [1.82, 2.24) is 0 Å². The molecule has 0 N–H and O–H groups in total. The van der Waals surface area contributed by atoms with Crippen molar-refractivity contribution in [2.75, 3.05) is 0 Å². The van der Waals surface area contributed by atoms with E-state index in [0.717, 1.165) is 52.7 Å². The molecule has 3 aliphatic rings. The lowest BCUT2D eigenvalue weighted by Crippen LogP contribution is -2.30. The van der Waals surface area contributed by atoms with Crippen molar-refractivity contribution in [3.63, 3.8) is 0 Å². The van der Waals surface area contributed by atoms with E-state index in [2.05, 4.69) is 12.1 Å². The lowest BCUT2D eigenvalue weighted by molar-refractivity contribution is -0.119. The van der Waals surface area contributed by atoms with Gasteiger partial charge in [-0.3, -0.25) is 9.59 Å². The van der Waals surface area contributed by atoms with Gasteiger partial charge in [0.25, 0.3) is 0 Å². The van der Waals surface area contributed by atoms with E-state index in [9.17, 15) is 9.59 Å². The van der Waals surface area contributed by atoms with Crippen molar-refractivity contribution in [2.45, 2.75) is 40.0 Å². The van der Waals surface area contributed by atoms with Gasteiger partial charge in [0, 0.05) is 11.5 Å². The highest BCUT2D eigenvalue weighted by Crippen LogP contribution is 2.62. The Bertz CT molecular complexity index is 723. The summed E-state index contributed by atoms with van der Waals surface area (Å²) in [4.78, 5) is 25.5. The Morgan fingerprint density at radius 1 is 1.15 bits per heavy atom. The van der Waals surface area contributed by atoms with Crippen LogP contribution in [0.1, 0.15) is 53.2 Å². The summed E-state index contributed by atoms with van der Waals surface area (Å²) >= 11 is 0. The molecule has 1 spiro atoms. The zero-order chi connectivity index (χ0) is 14.2. The lowest BCUT2D eigenvalue weighted by atomic mass is 9.71. The van der Waals surface area contributed by atoms with Gasteiger partial charge in [-0.1, -0.05) is 12.1 Å². The topological polar surface area (TPSA) is 34.1 Å². The van der Waals surface area contributed by atoms with Gasteiger partial charge in [-0.15, -0.1) is 0 Å². The van der Waals surface area contributed by atoms with Crippen molar-refractivity contribution >= 4 is 17.1 Å². The van der Waals surface area contributed by atoms with Gasteiger partial charge in [0.2, 0.25) is 0 Å². The number of hydrogen-bond donors (Lipinski definition) is 0. The second-order valence-electron chi connectivity index (χ2n) is 6.65. The van der Waals surface area contributed by atoms with Gasteiger partial charge < -0.3 is 0 Å². The minimum absolute atomic E-state index is 0.0819. The number of rotatable bonds is 0. The summed E-state index contributed by atoms with van der Waals surface area (Å²) in [6.45, 7) is 6.00. The van der Waals surface area contributed by atoms with Gasteiger partial charge in [0.15, 0.2) is 11.6 Å². The number of benzene rings is 1. The Morgan fingerprint density at radius 3 is 2.65 bits per heavy atom. The minimum atomic E-state index is -0.371. The summed E-state index contributed by atoms with van der Waals surface area (Å²) < 4.78 is 0. The molecule has 0 saturated heterocycles. The Balaban J connectivity index is 2.11. The number of Topliss-reactive ketones (excluding diaryl/α,β-unsaturated/α-hetero) is 2. The van der Waals surface area contributed by atoms with E-state index >= 15 is 0 Å². The Kier molecular flexibility index (Phi) is 2.11. The van der Waals surface area contributed by atoms with E-state index < -0.39 is 0 Å². The third kappa shape index (κ3) is 1.12. The smallest absolute Gasteiger partial charge is 0.174 e. The van der Waals surface area contributed by atoms with E-state index in [1.165, 1.54) is 0 Å². The molecule has 2 atom stereocenters. The molecule has 1 saturated carbocycles. The van der Waals surface area contributed by atoms with E-state index in [0.29, 0.717) is 0 Å². The number of hydrogen-bond acceptors (Lipinski definition) is 2. The van der Waals surface area contributed by atoms with Crippen LogP contribution >= 0.6 is 0 Å². The molecule has 1 fully saturated rings. The number of aryl methyl sites for hydroxylation is 1. The highest BCUT2D eigenvalue weighted by molar-refractivity contribution is 6.24. The molecular weight excluding hydrogens is 248 g/mol. The fourth-order valence-corrected chi connectivity index (χ4v) is 4.62. The van der Waals surface area contributed by atoms with Gasteiger partial charge in [0.05, 0.1) is 5.41 Å². The number of carbonyl (C=O) groups is 2. The molecule has 0 radical (unpaired) electrons. The Morgan fingerprint density at radius 2 is 1.90 bits per heavy atom. The van der Waals surface area contributed by atoms with Crippen molar-refractivity contribution in [3.05, 3.63) is 40.0 Å². The van der Waals surface area contributed by atoms with Gasteiger partial charge >= 0.3 is 0 Å². The predicted octanol–water partition coefficient (Wildman–Crippen LogP) is 3.64. The quantitative estimate of drug-likeness (QED) is 0.718. The SMILES string of the molecule is CC1=C2c3ccc(C)c(C)c3C(=O)C23CCC(C3)C1=O. The summed E-state index contributed by atoms with van der Waals surface area (Å²) in [6, 6.07) is 4.13. The normalized spacial score (nSPS) is 30.9. The van der Waals surface area contributed by atoms with Gasteiger partial charge in [-0.2, -0.15) is 0 Å². The fraction of sp³-hybridized carbons (Fsp3) is 0.444. The van der Waals surface area contributed by atoms with Crippen LogP contribution in [0.25, 0.3) is 5.57 Å². The molecule has 2 bridgehead atoms. The average Bonchev–Trinajstić information content (AvgIpc) is 2.93. The molecule has 0 aliphatic heterocycles. The van der Waals surface area contributed by atoms with Gasteiger partial charge in [-0.25, -0.2) is 0 Å². The van der Waals surface area contributed by atoms with Crippen LogP contribution < -0.4 is 0 Å². The van der Waals surface area contributed by atoms with Crippen molar-refractivity contribution in [3.8, 4) is 0 Å². The van der Waals surface area contributed by atoms with Crippen molar-refractivity contribution < 1.29 is 9.59 Å². The fourth-order valence-electron chi connectivity index (χ4n) is 4.62. The van der Waals surface area contributed by atoms with Gasteiger partial charge in [0.1, 0.15) is 0 Å². The molecule has 1 aromatic rings. The third-order valence-electron chi connectivity index (χ3n) is 5.78. The van der Waals surface area contributed by atoms with E-state index in [-0.39, 0.29) is 22.9 Å². The highest BCUT2D eigenvalue weighted by Gasteiger charge is 2.58. The Hall–Kier alpha value is -1.70. The van der Waals surface area contributed by atoms with E-state index in [4.69, 9.17) is 0 Å². The molecule has 0 amide bonds. The van der Waals surface area contributed by atoms with E-state index in [1.807, 2.05) is 20.8 Å². The molecule has 102 valence electrons. The zero-order valence-electron chi connectivity index (χ0n) is 12.2. The van der Waals surface area contributed by atoms with E-state index in [1.54, 1.807) is 0 Å². The summed E-state index contributed by atoms with van der Waals surface area (Å²) in [5, 5.41) is 0. The number of allylic oxidation sites excluding steroid dienone is 2. The maximum absolute atomic E-state index is 13.1. The molecular formula is C18H18O2. The highest BCUT2D eigenvalue weighted by atomic mass is 16.1. The minimum Gasteiger partial charge on any atom is -0.294 e. The second kappa shape index (κ2) is 3.49. The van der Waals surface area contributed by atoms with Crippen LogP contribution in [0.15, 0.2) is 17.7 Å². The first-order chi connectivity index (χ1) is 9.47. The second-order valence-corrected chi connectivity index (χ2v) is 6.65. The largest absolute Gasteiger partial charge is 0.294 e. The molecule has 0 heterocycles. The number of fused-ring (bicyclic) bond motifs is 3. The monoisotopic (exact) mass is 266 g/mol. The zero-order valence-corrected chi connectivity index (χ0v) is 12.2. The maximum atomic E-state index is 13.1. The average molecular weight is 266 g/mol. The number of carbonyl (C=O) groups excluding carboxylic acids is 2. The summed E-state index contributed by atoms with van der Waals surface area (Å²) in [5.74, 6) is 0.628. The first-order valence-electron chi connectivity index (χ1n) is 7.38. The molecule has 1 aromatic carbocycles. The van der Waals surface area contributed by atoms with Crippen molar-refractivity contribution in [1.29, 1.82) is 0 Å². The molecule has 20 heavy (non-hydrogen) atoms. The molecule has 2 unspecified atom stereocenters. The maximum Gasteiger partial charge on any atom is 0.174 e. The molecule has 2 heteroatoms. The summed E-state index contributed by atoms with van der Waals surface area (Å²) in [7, 11) is 0. The van der Waals surface area contributed by atoms with Crippen LogP contribution in [0.3, 0.4) is 0 Å². The molecule has 2 nitrogen and oxygen atoms in total. The lowest BCUT2D eigenvalue weighted by Gasteiger charge is -2.29. The van der Waals surface area contributed by atoms with Crippen LogP contribution in [0, 0.1) is 25.2 Å². The van der Waals surface area contributed by atoms with Crippen LogP contribution in [0.2, 0.25) is 0 Å². The molecule has 0 aromatic heterocycles. The number of ketones is 2. The van der Waals surface area contributed by atoms with Crippen LogP contribution in [0.5, 0.6) is 0 Å². The Labute approximate surface area is 118 Å². The van der Waals surface area contributed by atoms with Crippen LogP contribution in [-0.4, -0.2) is 11.6 Å². The first kappa shape index (κ1) is 12.1. The van der Waals surface area contributed by atoms with Crippen LogP contribution in [0.4, 0.5) is 0 Å². The summed E-state index contributed by atoms with van der Waals surface area (Å²) in [5.41, 5.74) is 5.69. The molecule has 4 rings (SSSR count). The third-order valence-corrected chi connectivity index (χ3v) is 5.78. The van der Waals surface area contributed by atoms with Crippen LogP contribution in [-0.2, 0) is 4.79 Å². The van der Waals surface area contributed by atoms with Gasteiger partial charge in [-0.05, 0) is 67.9 Å². The first-order valence-corrected chi connectivity index (χ1v) is 7.38. The standard InChI is InChI=1S/C18H18O2/c1-9-4-5-13-14(10(9)2)17(20)18-7-6-12(8-18)16(19)11(3)15(13)18/h4-5,12H,6-8H2,1-3H3. The van der Waals surface area contributed by atoms with Crippen molar-refractivity contribution in [2.24, 2.45) is 11.3 Å². The summed E-state index contributed by atoms with van der Waals surface area (Å²) in [6.07, 6.45) is 2.46. The molecule has 3 aliphatic carbocycles. The predicted molar refractivity (Wildman–Crippen MR) is 77.6 cm³/mol.